The first kappa shape index (κ1) is 24.7. The van der Waals surface area contributed by atoms with Gasteiger partial charge in [-0.25, -0.2) is 13.1 Å². The Kier molecular flexibility index (Phi) is 6.58. The van der Waals surface area contributed by atoms with Gasteiger partial charge in [-0.15, -0.1) is 0 Å². The van der Waals surface area contributed by atoms with Gasteiger partial charge in [0, 0.05) is 18.1 Å². The summed E-state index contributed by atoms with van der Waals surface area (Å²) in [6.07, 6.45) is -2.10. The Hall–Kier alpha value is -3.41. The van der Waals surface area contributed by atoms with Crippen LogP contribution in [0.3, 0.4) is 0 Å². The highest BCUT2D eigenvalue weighted by Gasteiger charge is 2.33. The van der Waals surface area contributed by atoms with Crippen molar-refractivity contribution in [2.75, 3.05) is 11.5 Å². The molecule has 35 heavy (non-hydrogen) atoms. The molecule has 1 heterocycles. The third-order valence-electron chi connectivity index (χ3n) is 6.29. The van der Waals surface area contributed by atoms with E-state index < -0.39 is 32.2 Å². The zero-order valence-corrected chi connectivity index (χ0v) is 19.3. The minimum Gasteiger partial charge on any atom is -0.384 e. The summed E-state index contributed by atoms with van der Waals surface area (Å²) in [6, 6.07) is 11.7. The third-order valence-corrected chi connectivity index (χ3v) is 8.22. The van der Waals surface area contributed by atoms with Gasteiger partial charge in [0.05, 0.1) is 27.6 Å². The van der Waals surface area contributed by atoms with Gasteiger partial charge in [0.15, 0.2) is 9.84 Å². The molecular formula is C23H23F3N4O4S. The highest BCUT2D eigenvalue weighted by atomic mass is 32.2. The summed E-state index contributed by atoms with van der Waals surface area (Å²) in [5, 5.41) is 15.7. The maximum absolute atomic E-state index is 13.1. The van der Waals surface area contributed by atoms with Gasteiger partial charge in [0.1, 0.15) is 10.7 Å². The molecule has 0 aliphatic heterocycles. The number of rotatable bonds is 6. The van der Waals surface area contributed by atoms with Crippen molar-refractivity contribution >= 4 is 21.3 Å². The Morgan fingerprint density at radius 1 is 1.06 bits per heavy atom. The molecule has 0 radical (unpaired) electrons. The average Bonchev–Trinajstić information content (AvgIpc) is 3.20. The number of nitrogens with zero attached hydrogens (tertiary/aromatic N) is 3. The number of alkyl halides is 3. The summed E-state index contributed by atoms with van der Waals surface area (Å²) in [6.45, 7) is 0. The summed E-state index contributed by atoms with van der Waals surface area (Å²) >= 11 is 0. The van der Waals surface area contributed by atoms with Crippen LogP contribution in [0.2, 0.25) is 0 Å². The number of hydrogen-bond acceptors (Lipinski definition) is 6. The van der Waals surface area contributed by atoms with Crippen molar-refractivity contribution in [3.05, 3.63) is 76.0 Å². The highest BCUT2D eigenvalue weighted by Crippen LogP contribution is 2.38. The van der Waals surface area contributed by atoms with E-state index in [-0.39, 0.29) is 34.0 Å². The molecule has 3 aromatic rings. The van der Waals surface area contributed by atoms with Gasteiger partial charge in [0.25, 0.3) is 5.69 Å². The third kappa shape index (κ3) is 5.31. The lowest BCUT2D eigenvalue weighted by Gasteiger charge is -2.27. The number of halogens is 3. The second-order valence-corrected chi connectivity index (χ2v) is 10.7. The maximum atomic E-state index is 13.1. The topological polar surface area (TPSA) is 121 Å². The van der Waals surface area contributed by atoms with Crippen molar-refractivity contribution in [2.45, 2.75) is 42.7 Å². The Balaban J connectivity index is 1.45. The van der Waals surface area contributed by atoms with E-state index in [4.69, 9.17) is 5.73 Å². The molecule has 0 bridgehead atoms. The van der Waals surface area contributed by atoms with Gasteiger partial charge < -0.3 is 5.73 Å². The summed E-state index contributed by atoms with van der Waals surface area (Å²) in [7, 11) is -3.85. The van der Waals surface area contributed by atoms with E-state index in [1.807, 2.05) is 0 Å². The molecule has 0 unspecified atom stereocenters. The number of sulfone groups is 1. The van der Waals surface area contributed by atoms with Crippen molar-refractivity contribution in [1.82, 2.24) is 9.78 Å². The lowest BCUT2D eigenvalue weighted by Crippen LogP contribution is -2.22. The van der Waals surface area contributed by atoms with Crippen LogP contribution in [0.4, 0.5) is 24.7 Å². The van der Waals surface area contributed by atoms with E-state index in [0.717, 1.165) is 12.1 Å². The number of nitro benzene ring substituents is 1. The lowest BCUT2D eigenvalue weighted by molar-refractivity contribution is -0.387. The van der Waals surface area contributed by atoms with Crippen molar-refractivity contribution in [2.24, 2.45) is 5.92 Å². The summed E-state index contributed by atoms with van der Waals surface area (Å²) < 4.78 is 66.2. The first-order valence-corrected chi connectivity index (χ1v) is 12.6. The smallest absolute Gasteiger partial charge is 0.384 e. The summed E-state index contributed by atoms with van der Waals surface area (Å²) in [5.41, 5.74) is 5.65. The van der Waals surface area contributed by atoms with Crippen LogP contribution in [0, 0.1) is 16.0 Å². The Morgan fingerprint density at radius 3 is 2.40 bits per heavy atom. The molecule has 1 aromatic heterocycles. The molecule has 1 aliphatic rings. The van der Waals surface area contributed by atoms with Crippen LogP contribution in [0.1, 0.15) is 42.9 Å². The van der Waals surface area contributed by atoms with Crippen LogP contribution in [-0.4, -0.2) is 28.9 Å². The SMILES string of the molecule is Nc1cc(C2CCC(CS(=O)(=O)c3ccccc3[N+](=O)[O-])CC2)nn1-c1cccc(C(F)(F)F)c1. The number of nitro groups is 1. The van der Waals surface area contributed by atoms with Gasteiger partial charge >= 0.3 is 6.18 Å². The fraction of sp³-hybridized carbons (Fsp3) is 0.348. The first-order valence-electron chi connectivity index (χ1n) is 10.9. The van der Waals surface area contributed by atoms with Crippen molar-refractivity contribution < 1.29 is 26.5 Å². The molecule has 1 saturated carbocycles. The second-order valence-electron chi connectivity index (χ2n) is 8.68. The normalized spacial score (nSPS) is 18.9. The van der Waals surface area contributed by atoms with E-state index in [1.165, 1.54) is 41.1 Å². The van der Waals surface area contributed by atoms with Gasteiger partial charge in [-0.05, 0) is 55.9 Å². The molecule has 4 rings (SSSR count). The van der Waals surface area contributed by atoms with Gasteiger partial charge in [-0.2, -0.15) is 18.3 Å². The van der Waals surface area contributed by atoms with E-state index >= 15 is 0 Å². The van der Waals surface area contributed by atoms with E-state index in [2.05, 4.69) is 5.10 Å². The predicted octanol–water partition coefficient (Wildman–Crippen LogP) is 5.13. The second kappa shape index (κ2) is 9.33. The predicted molar refractivity (Wildman–Crippen MR) is 123 cm³/mol. The minimum atomic E-state index is -4.49. The molecule has 2 aromatic carbocycles. The quantitative estimate of drug-likeness (QED) is 0.364. The maximum Gasteiger partial charge on any atom is 0.416 e. The van der Waals surface area contributed by atoms with Crippen molar-refractivity contribution in [3.63, 3.8) is 0 Å². The molecule has 0 saturated heterocycles. The zero-order chi connectivity index (χ0) is 25.4. The molecule has 2 N–H and O–H groups in total. The number of nitrogen functional groups attached to an aromatic ring is 1. The minimum absolute atomic E-state index is 0.0191. The monoisotopic (exact) mass is 508 g/mol. The number of nitrogens with two attached hydrogens (primary N) is 1. The molecular weight excluding hydrogens is 485 g/mol. The van der Waals surface area contributed by atoms with Crippen molar-refractivity contribution in [3.8, 4) is 5.69 Å². The number of para-hydroxylation sites is 1. The Bertz CT molecular complexity index is 1350. The number of benzene rings is 2. The summed E-state index contributed by atoms with van der Waals surface area (Å²) in [4.78, 5) is 10.2. The van der Waals surface area contributed by atoms with E-state index in [0.29, 0.717) is 31.4 Å². The number of anilines is 1. The van der Waals surface area contributed by atoms with Crippen LogP contribution >= 0.6 is 0 Å². The molecule has 12 heteroatoms. The zero-order valence-electron chi connectivity index (χ0n) is 18.5. The van der Waals surface area contributed by atoms with Crippen LogP contribution < -0.4 is 5.73 Å². The van der Waals surface area contributed by atoms with Crippen LogP contribution in [0.25, 0.3) is 5.69 Å². The molecule has 0 spiro atoms. The van der Waals surface area contributed by atoms with Crippen LogP contribution in [0.15, 0.2) is 59.5 Å². The Morgan fingerprint density at radius 2 is 1.74 bits per heavy atom. The average molecular weight is 509 g/mol. The molecule has 8 nitrogen and oxygen atoms in total. The fourth-order valence-electron chi connectivity index (χ4n) is 4.53. The van der Waals surface area contributed by atoms with Crippen LogP contribution in [-0.2, 0) is 16.0 Å². The number of aromatic nitrogens is 2. The molecule has 186 valence electrons. The largest absolute Gasteiger partial charge is 0.416 e. The molecule has 1 fully saturated rings. The lowest BCUT2D eigenvalue weighted by atomic mass is 9.81. The highest BCUT2D eigenvalue weighted by molar-refractivity contribution is 7.91. The first-order chi connectivity index (χ1) is 16.5. The van der Waals surface area contributed by atoms with E-state index in [1.54, 1.807) is 6.07 Å². The fourth-order valence-corrected chi connectivity index (χ4v) is 6.41. The standard InChI is InChI=1S/C23H23F3N4O4S/c24-23(25,26)17-4-3-5-18(12-17)29-22(27)13-19(28-29)16-10-8-15(9-11-16)14-35(33,34)21-7-2-1-6-20(21)30(31)32/h1-7,12-13,15-16H,8-11,14,27H2. The Labute approximate surface area is 199 Å². The number of hydrogen-bond donors (Lipinski definition) is 1. The van der Waals surface area contributed by atoms with Crippen LogP contribution in [0.5, 0.6) is 0 Å². The molecule has 0 atom stereocenters. The van der Waals surface area contributed by atoms with Crippen molar-refractivity contribution in [1.29, 1.82) is 0 Å². The molecule has 1 aliphatic carbocycles. The van der Waals surface area contributed by atoms with Gasteiger partial charge in [-0.1, -0.05) is 18.2 Å². The molecule has 0 amide bonds. The van der Waals surface area contributed by atoms with Gasteiger partial charge in [0.2, 0.25) is 0 Å². The van der Waals surface area contributed by atoms with E-state index in [9.17, 15) is 31.7 Å². The van der Waals surface area contributed by atoms with Gasteiger partial charge in [-0.3, -0.25) is 10.1 Å². The summed E-state index contributed by atoms with van der Waals surface area (Å²) in [5.74, 6) is -0.167.